The quantitative estimate of drug-likeness (QED) is 0.572. The monoisotopic (exact) mass is 431 g/mol. The van der Waals surface area contributed by atoms with E-state index in [1.165, 1.54) is 18.5 Å². The molecule has 1 fully saturated rings. The number of thiophene rings is 1. The first-order valence-electron chi connectivity index (χ1n) is 9.71. The van der Waals surface area contributed by atoms with Crippen molar-refractivity contribution < 1.29 is 23.8 Å². The van der Waals surface area contributed by atoms with Gasteiger partial charge in [0.25, 0.3) is 0 Å². The molecule has 2 heterocycles. The van der Waals surface area contributed by atoms with Crippen LogP contribution in [-0.2, 0) is 4.74 Å². The fourth-order valence-corrected chi connectivity index (χ4v) is 4.81. The summed E-state index contributed by atoms with van der Waals surface area (Å²) in [5.41, 5.74) is 1.13. The van der Waals surface area contributed by atoms with Gasteiger partial charge in [0.1, 0.15) is 39.5 Å². The van der Waals surface area contributed by atoms with Crippen LogP contribution in [0.15, 0.2) is 24.5 Å². The Morgan fingerprint density at radius 2 is 2.03 bits per heavy atom. The molecule has 1 saturated carbocycles. The molecule has 0 aliphatic heterocycles. The summed E-state index contributed by atoms with van der Waals surface area (Å²) in [6, 6.07) is 4.26. The normalized spacial score (nSPS) is 19.0. The number of benzene rings is 1. The number of nitrogens with zero attached hydrogens (tertiary/aromatic N) is 2. The molecule has 30 heavy (non-hydrogen) atoms. The number of methoxy groups -OCH3 is 1. The molecule has 1 aliphatic carbocycles. The zero-order chi connectivity index (χ0) is 21.3. The van der Waals surface area contributed by atoms with E-state index in [2.05, 4.69) is 15.3 Å². The van der Waals surface area contributed by atoms with E-state index in [1.54, 1.807) is 20.1 Å². The van der Waals surface area contributed by atoms with Crippen LogP contribution in [0.25, 0.3) is 10.2 Å². The van der Waals surface area contributed by atoms with Crippen molar-refractivity contribution in [3.8, 4) is 5.75 Å². The van der Waals surface area contributed by atoms with Crippen molar-refractivity contribution in [3.05, 3.63) is 40.8 Å². The predicted octanol–water partition coefficient (Wildman–Crippen LogP) is 4.92. The zero-order valence-corrected chi connectivity index (χ0v) is 17.5. The van der Waals surface area contributed by atoms with Crippen LogP contribution in [0.5, 0.6) is 5.75 Å². The highest BCUT2D eigenvalue weighted by atomic mass is 32.1. The average Bonchev–Trinajstić information content (AvgIpc) is 3.08. The van der Waals surface area contributed by atoms with E-state index in [1.807, 2.05) is 0 Å². The molecule has 158 valence electrons. The summed E-state index contributed by atoms with van der Waals surface area (Å²) in [7, 11) is 1.66. The Morgan fingerprint density at radius 3 is 2.77 bits per heavy atom. The number of carboxylic acid groups (broad SMARTS) is 1. The fourth-order valence-electron chi connectivity index (χ4n) is 3.83. The first-order valence-corrected chi connectivity index (χ1v) is 10.5. The summed E-state index contributed by atoms with van der Waals surface area (Å²) in [6.07, 6.45) is 5.00. The molecule has 4 rings (SSSR count). The van der Waals surface area contributed by atoms with E-state index in [0.29, 0.717) is 33.0 Å². The second kappa shape index (κ2) is 8.53. The average molecular weight is 431 g/mol. The number of aromatic nitrogens is 2. The van der Waals surface area contributed by atoms with Gasteiger partial charge in [-0.05, 0) is 43.9 Å². The lowest BCUT2D eigenvalue weighted by molar-refractivity contribution is -0.0227. The number of halogens is 1. The molecule has 2 N–H and O–H groups in total. The van der Waals surface area contributed by atoms with Crippen LogP contribution in [-0.4, -0.2) is 40.4 Å². The van der Waals surface area contributed by atoms with Gasteiger partial charge in [0.2, 0.25) is 0 Å². The van der Waals surface area contributed by atoms with Crippen molar-refractivity contribution in [2.24, 2.45) is 0 Å². The Balaban J connectivity index is 1.70. The Bertz CT molecular complexity index is 1090. The number of fused-ring (bicyclic) bond motifs is 1. The number of carboxylic acids is 1. The molecule has 2 aromatic heterocycles. The van der Waals surface area contributed by atoms with Crippen molar-refractivity contribution in [1.29, 1.82) is 0 Å². The fraction of sp³-hybridized carbons (Fsp3) is 0.381. The van der Waals surface area contributed by atoms with Gasteiger partial charge >= 0.3 is 5.97 Å². The largest absolute Gasteiger partial charge is 0.485 e. The standard InChI is InChI=1S/C21H22FN3O4S/c1-11-17-19(23-10-24-20(17)30-18(11)21(26)27)25-13-8-7-12(22)9-16(13)29-15-6-4-3-5-14(15)28-2/h7-10,14-15H,3-6H2,1-2H3,(H,26,27)(H,23,24,25). The first kappa shape index (κ1) is 20.5. The van der Waals surface area contributed by atoms with E-state index in [4.69, 9.17) is 9.47 Å². The maximum absolute atomic E-state index is 14.0. The van der Waals surface area contributed by atoms with Crippen molar-refractivity contribution in [2.45, 2.75) is 44.8 Å². The number of anilines is 2. The number of aromatic carboxylic acids is 1. The van der Waals surface area contributed by atoms with Crippen LogP contribution in [0.3, 0.4) is 0 Å². The summed E-state index contributed by atoms with van der Waals surface area (Å²) in [5.74, 6) is -0.602. The molecule has 0 amide bonds. The van der Waals surface area contributed by atoms with Crippen LogP contribution in [0.2, 0.25) is 0 Å². The third kappa shape index (κ3) is 3.95. The number of carbonyl (C=O) groups is 1. The van der Waals surface area contributed by atoms with Gasteiger partial charge in [-0.3, -0.25) is 0 Å². The summed E-state index contributed by atoms with van der Waals surface area (Å²) in [5, 5.41) is 13.2. The topological polar surface area (TPSA) is 93.6 Å². The van der Waals surface area contributed by atoms with Crippen molar-refractivity contribution >= 4 is 39.0 Å². The van der Waals surface area contributed by atoms with E-state index < -0.39 is 11.8 Å². The molecule has 3 aromatic rings. The summed E-state index contributed by atoms with van der Waals surface area (Å²) in [4.78, 5) is 20.8. The molecule has 2 atom stereocenters. The molecule has 0 radical (unpaired) electrons. The predicted molar refractivity (Wildman–Crippen MR) is 112 cm³/mol. The molecule has 0 bridgehead atoms. The number of rotatable bonds is 6. The number of hydrogen-bond acceptors (Lipinski definition) is 7. The Hall–Kier alpha value is -2.78. The summed E-state index contributed by atoms with van der Waals surface area (Å²) < 4.78 is 25.7. The highest BCUT2D eigenvalue weighted by Gasteiger charge is 2.28. The highest BCUT2D eigenvalue weighted by molar-refractivity contribution is 7.20. The molecule has 7 nitrogen and oxygen atoms in total. The lowest BCUT2D eigenvalue weighted by Crippen LogP contribution is -2.36. The van der Waals surface area contributed by atoms with Crippen LogP contribution >= 0.6 is 11.3 Å². The van der Waals surface area contributed by atoms with Crippen molar-refractivity contribution in [1.82, 2.24) is 9.97 Å². The van der Waals surface area contributed by atoms with Crippen molar-refractivity contribution in [3.63, 3.8) is 0 Å². The Kier molecular flexibility index (Phi) is 5.83. The minimum atomic E-state index is -1.00. The SMILES string of the molecule is COC1CCCCC1Oc1cc(F)ccc1Nc1ncnc2sc(C(=O)O)c(C)c12. The van der Waals surface area contributed by atoms with E-state index in [-0.39, 0.29) is 17.1 Å². The number of nitrogens with one attached hydrogen (secondary N) is 1. The zero-order valence-electron chi connectivity index (χ0n) is 16.6. The van der Waals surface area contributed by atoms with Crippen LogP contribution in [0.4, 0.5) is 15.9 Å². The van der Waals surface area contributed by atoms with Gasteiger partial charge < -0.3 is 19.9 Å². The molecule has 1 aliphatic rings. The molecular formula is C21H22FN3O4S. The smallest absolute Gasteiger partial charge is 0.346 e. The maximum Gasteiger partial charge on any atom is 0.346 e. The van der Waals surface area contributed by atoms with Gasteiger partial charge in [0.15, 0.2) is 0 Å². The van der Waals surface area contributed by atoms with Gasteiger partial charge in [-0.15, -0.1) is 11.3 Å². The summed E-state index contributed by atoms with van der Waals surface area (Å²) >= 11 is 1.10. The van der Waals surface area contributed by atoms with Crippen LogP contribution in [0.1, 0.15) is 40.9 Å². The molecule has 2 unspecified atom stereocenters. The minimum Gasteiger partial charge on any atom is -0.485 e. The van der Waals surface area contributed by atoms with Gasteiger partial charge in [0.05, 0.1) is 17.2 Å². The molecule has 1 aromatic carbocycles. The van der Waals surface area contributed by atoms with Crippen LogP contribution < -0.4 is 10.1 Å². The van der Waals surface area contributed by atoms with Gasteiger partial charge in [-0.25, -0.2) is 19.2 Å². The molecular weight excluding hydrogens is 409 g/mol. The van der Waals surface area contributed by atoms with E-state index in [9.17, 15) is 14.3 Å². The van der Waals surface area contributed by atoms with E-state index >= 15 is 0 Å². The van der Waals surface area contributed by atoms with Gasteiger partial charge in [0, 0.05) is 13.2 Å². The van der Waals surface area contributed by atoms with E-state index in [0.717, 1.165) is 37.0 Å². The van der Waals surface area contributed by atoms with Crippen molar-refractivity contribution in [2.75, 3.05) is 12.4 Å². The Morgan fingerprint density at radius 1 is 1.27 bits per heavy atom. The third-order valence-corrected chi connectivity index (χ3v) is 6.53. The number of ether oxygens (including phenoxy) is 2. The van der Waals surface area contributed by atoms with Crippen LogP contribution in [0, 0.1) is 12.7 Å². The highest BCUT2D eigenvalue weighted by Crippen LogP contribution is 2.37. The second-order valence-corrected chi connectivity index (χ2v) is 8.24. The lowest BCUT2D eigenvalue weighted by atomic mass is 9.94. The first-order chi connectivity index (χ1) is 14.5. The van der Waals surface area contributed by atoms with Gasteiger partial charge in [-0.1, -0.05) is 6.42 Å². The number of aryl methyl sites for hydroxylation is 1. The lowest BCUT2D eigenvalue weighted by Gasteiger charge is -2.31. The maximum atomic E-state index is 14.0. The molecule has 0 spiro atoms. The molecule has 9 heteroatoms. The molecule has 0 saturated heterocycles. The number of hydrogen-bond donors (Lipinski definition) is 2. The third-order valence-electron chi connectivity index (χ3n) is 5.34. The minimum absolute atomic E-state index is 0.0436. The summed E-state index contributed by atoms with van der Waals surface area (Å²) in [6.45, 7) is 1.73. The second-order valence-electron chi connectivity index (χ2n) is 7.24. The van der Waals surface area contributed by atoms with Gasteiger partial charge in [-0.2, -0.15) is 0 Å². The Labute approximate surface area is 176 Å².